The highest BCUT2D eigenvalue weighted by molar-refractivity contribution is 5.87. The average molecular weight is 355 g/mol. The molecule has 4 aromatic rings. The molecule has 0 N–H and O–H groups in total. The van der Waals surface area contributed by atoms with Gasteiger partial charge in [-0.15, -0.1) is 0 Å². The van der Waals surface area contributed by atoms with E-state index in [0.717, 1.165) is 29.2 Å². The molecule has 1 aliphatic rings. The molecule has 3 aromatic carbocycles. The third-order valence-electron chi connectivity index (χ3n) is 5.32. The van der Waals surface area contributed by atoms with Crippen LogP contribution in [-0.4, -0.2) is 23.2 Å². The smallest absolute Gasteiger partial charge is 0.145 e. The zero-order chi connectivity index (χ0) is 18.4. The Kier molecular flexibility index (Phi) is 3.64. The van der Waals surface area contributed by atoms with Crippen LogP contribution in [0.25, 0.3) is 22.4 Å². The number of anilines is 1. The Morgan fingerprint density at radius 3 is 2.63 bits per heavy atom. The van der Waals surface area contributed by atoms with E-state index in [-0.39, 0.29) is 6.17 Å². The fourth-order valence-electron chi connectivity index (χ4n) is 4.14. The Hall–Kier alpha value is -3.27. The average Bonchev–Trinajstić information content (AvgIpc) is 3.12. The van der Waals surface area contributed by atoms with Crippen molar-refractivity contribution in [3.63, 3.8) is 0 Å². The second-order valence-electron chi connectivity index (χ2n) is 6.75. The van der Waals surface area contributed by atoms with Gasteiger partial charge in [-0.25, -0.2) is 4.98 Å². The number of benzene rings is 3. The summed E-state index contributed by atoms with van der Waals surface area (Å²) >= 11 is 0. The van der Waals surface area contributed by atoms with Crippen LogP contribution < -0.4 is 9.64 Å². The zero-order valence-corrected chi connectivity index (χ0v) is 15.5. The predicted molar refractivity (Wildman–Crippen MR) is 109 cm³/mol. The predicted octanol–water partition coefficient (Wildman–Crippen LogP) is 5.10. The number of imidazole rings is 1. The lowest BCUT2D eigenvalue weighted by atomic mass is 10.0. The lowest BCUT2D eigenvalue weighted by Crippen LogP contribution is -2.37. The molecule has 0 saturated heterocycles. The SMILES string of the molecule is CCN1c2ccccc2-c2nc3ccccc3n2[C@H]1c1cccc(OC)c1. The van der Waals surface area contributed by atoms with Gasteiger partial charge in [-0.2, -0.15) is 0 Å². The Morgan fingerprint density at radius 2 is 1.78 bits per heavy atom. The number of nitrogens with zero attached hydrogens (tertiary/aromatic N) is 3. The van der Waals surface area contributed by atoms with Crippen LogP contribution in [-0.2, 0) is 0 Å². The second-order valence-corrected chi connectivity index (χ2v) is 6.75. The van der Waals surface area contributed by atoms with Crippen LogP contribution in [0.2, 0.25) is 0 Å². The molecular formula is C23H21N3O. The number of ether oxygens (including phenoxy) is 1. The van der Waals surface area contributed by atoms with Crippen LogP contribution >= 0.6 is 0 Å². The van der Waals surface area contributed by atoms with Crippen LogP contribution in [0.1, 0.15) is 18.7 Å². The summed E-state index contributed by atoms with van der Waals surface area (Å²) in [6.45, 7) is 3.10. The molecular weight excluding hydrogens is 334 g/mol. The fourth-order valence-corrected chi connectivity index (χ4v) is 4.14. The number of hydrogen-bond donors (Lipinski definition) is 0. The third kappa shape index (κ3) is 2.33. The monoisotopic (exact) mass is 355 g/mol. The van der Waals surface area contributed by atoms with Crippen LogP contribution in [0.15, 0.2) is 72.8 Å². The first-order valence-corrected chi connectivity index (χ1v) is 9.28. The standard InChI is InChI=1S/C23H21N3O/c1-3-25-20-13-6-4-11-18(20)22-24-19-12-5-7-14-21(19)26(22)23(25)16-9-8-10-17(15-16)27-2/h4-15,23H,3H2,1-2H3/t23-/m0/s1. The molecule has 0 unspecified atom stereocenters. The quantitative estimate of drug-likeness (QED) is 0.512. The lowest BCUT2D eigenvalue weighted by molar-refractivity contribution is 0.413. The van der Waals surface area contributed by atoms with Gasteiger partial charge in [-0.05, 0) is 48.9 Å². The highest BCUT2D eigenvalue weighted by Crippen LogP contribution is 2.44. The van der Waals surface area contributed by atoms with E-state index in [1.807, 2.05) is 12.1 Å². The molecule has 2 heterocycles. The van der Waals surface area contributed by atoms with Crippen LogP contribution in [0, 0.1) is 0 Å². The molecule has 4 heteroatoms. The highest BCUT2D eigenvalue weighted by atomic mass is 16.5. The van der Waals surface area contributed by atoms with Crippen LogP contribution in [0.3, 0.4) is 0 Å². The molecule has 0 radical (unpaired) electrons. The second kappa shape index (κ2) is 6.16. The Morgan fingerprint density at radius 1 is 0.963 bits per heavy atom. The number of hydrogen-bond acceptors (Lipinski definition) is 3. The van der Waals surface area contributed by atoms with E-state index in [4.69, 9.17) is 9.72 Å². The van der Waals surface area contributed by atoms with Gasteiger partial charge < -0.3 is 9.64 Å². The van der Waals surface area contributed by atoms with E-state index in [9.17, 15) is 0 Å². The van der Waals surface area contributed by atoms with Crippen molar-refractivity contribution in [2.24, 2.45) is 0 Å². The number of para-hydroxylation sites is 3. The largest absolute Gasteiger partial charge is 0.497 e. The van der Waals surface area contributed by atoms with Gasteiger partial charge in [0.05, 0.1) is 18.1 Å². The molecule has 0 fully saturated rings. The Labute approximate surface area is 158 Å². The van der Waals surface area contributed by atoms with Crippen LogP contribution in [0.5, 0.6) is 5.75 Å². The first kappa shape index (κ1) is 15.9. The molecule has 1 aromatic heterocycles. The van der Waals surface area contributed by atoms with Gasteiger partial charge in [0.25, 0.3) is 0 Å². The van der Waals surface area contributed by atoms with Crippen molar-refractivity contribution in [3.8, 4) is 17.1 Å². The molecule has 134 valence electrons. The van der Waals surface area contributed by atoms with Crippen molar-refractivity contribution in [2.45, 2.75) is 13.1 Å². The number of aromatic nitrogens is 2. The van der Waals surface area contributed by atoms with Crippen LogP contribution in [0.4, 0.5) is 5.69 Å². The van der Waals surface area contributed by atoms with Crippen molar-refractivity contribution in [2.75, 3.05) is 18.6 Å². The molecule has 1 aliphatic heterocycles. The van der Waals surface area contributed by atoms with Gasteiger partial charge >= 0.3 is 0 Å². The van der Waals surface area contributed by atoms with Crippen molar-refractivity contribution in [1.29, 1.82) is 0 Å². The van der Waals surface area contributed by atoms with E-state index in [0.29, 0.717) is 0 Å². The number of rotatable bonds is 3. The molecule has 4 nitrogen and oxygen atoms in total. The minimum atomic E-state index is 0.0300. The minimum absolute atomic E-state index is 0.0300. The van der Waals surface area contributed by atoms with E-state index in [1.165, 1.54) is 16.8 Å². The molecule has 0 amide bonds. The first-order chi connectivity index (χ1) is 13.3. The third-order valence-corrected chi connectivity index (χ3v) is 5.32. The summed E-state index contributed by atoms with van der Waals surface area (Å²) in [6, 6.07) is 25.2. The van der Waals surface area contributed by atoms with E-state index in [2.05, 4.69) is 77.1 Å². The lowest BCUT2D eigenvalue weighted by Gasteiger charge is -2.40. The Balaban J connectivity index is 1.85. The Bertz CT molecular complexity index is 1130. The first-order valence-electron chi connectivity index (χ1n) is 9.28. The molecule has 0 aliphatic carbocycles. The van der Waals surface area contributed by atoms with E-state index >= 15 is 0 Å². The van der Waals surface area contributed by atoms with E-state index < -0.39 is 0 Å². The van der Waals surface area contributed by atoms with Gasteiger partial charge in [-0.3, -0.25) is 4.57 Å². The van der Waals surface area contributed by atoms with Crippen molar-refractivity contribution < 1.29 is 4.74 Å². The maximum absolute atomic E-state index is 5.50. The van der Waals surface area contributed by atoms with Gasteiger partial charge in [-0.1, -0.05) is 36.4 Å². The number of methoxy groups -OCH3 is 1. The minimum Gasteiger partial charge on any atom is -0.497 e. The normalized spacial score (nSPS) is 15.5. The van der Waals surface area contributed by atoms with Gasteiger partial charge in [0.2, 0.25) is 0 Å². The summed E-state index contributed by atoms with van der Waals surface area (Å²) in [5.74, 6) is 1.89. The zero-order valence-electron chi connectivity index (χ0n) is 15.5. The summed E-state index contributed by atoms with van der Waals surface area (Å²) in [4.78, 5) is 7.42. The summed E-state index contributed by atoms with van der Waals surface area (Å²) in [7, 11) is 1.71. The van der Waals surface area contributed by atoms with Gasteiger partial charge in [0.15, 0.2) is 0 Å². The van der Waals surface area contributed by atoms with Crippen molar-refractivity contribution >= 4 is 16.7 Å². The summed E-state index contributed by atoms with van der Waals surface area (Å²) in [5, 5.41) is 0. The molecule has 27 heavy (non-hydrogen) atoms. The van der Waals surface area contributed by atoms with Gasteiger partial charge in [0, 0.05) is 17.8 Å². The summed E-state index contributed by atoms with van der Waals surface area (Å²) < 4.78 is 7.85. The molecule has 0 spiro atoms. The fraction of sp³-hybridized carbons (Fsp3) is 0.174. The topological polar surface area (TPSA) is 30.3 Å². The molecule has 0 saturated carbocycles. The maximum atomic E-state index is 5.50. The summed E-state index contributed by atoms with van der Waals surface area (Å²) in [6.07, 6.45) is 0.0300. The van der Waals surface area contributed by atoms with Crippen molar-refractivity contribution in [3.05, 3.63) is 78.4 Å². The summed E-state index contributed by atoms with van der Waals surface area (Å²) in [5.41, 5.74) is 5.75. The molecule has 0 bridgehead atoms. The maximum Gasteiger partial charge on any atom is 0.145 e. The van der Waals surface area contributed by atoms with Gasteiger partial charge in [0.1, 0.15) is 17.7 Å². The molecule has 1 atom stereocenters. The molecule has 5 rings (SSSR count). The highest BCUT2D eigenvalue weighted by Gasteiger charge is 2.33. The number of fused-ring (bicyclic) bond motifs is 5. The van der Waals surface area contributed by atoms with E-state index in [1.54, 1.807) is 7.11 Å². The van der Waals surface area contributed by atoms with Crippen molar-refractivity contribution in [1.82, 2.24) is 9.55 Å².